The number of carbonyl (C=O) groups excluding carboxylic acids is 1. The lowest BCUT2D eigenvalue weighted by atomic mass is 10.2. The first-order valence-corrected chi connectivity index (χ1v) is 12.1. The van der Waals surface area contributed by atoms with Gasteiger partial charge in [-0.3, -0.25) is 4.79 Å². The number of rotatable bonds is 9. The van der Waals surface area contributed by atoms with Gasteiger partial charge in [-0.2, -0.15) is 0 Å². The van der Waals surface area contributed by atoms with Crippen LogP contribution < -0.4 is 10.1 Å². The van der Waals surface area contributed by atoms with Gasteiger partial charge in [0, 0.05) is 22.5 Å². The van der Waals surface area contributed by atoms with Crippen LogP contribution in [0.15, 0.2) is 46.5 Å². The minimum atomic E-state index is -0.147. The normalized spacial score (nSPS) is 10.9. The largest absolute Gasteiger partial charge is 0.495 e. The number of hydrogen-bond acceptors (Lipinski definition) is 6. The molecule has 0 unspecified atom stereocenters. The number of amides is 1. The van der Waals surface area contributed by atoms with Crippen molar-refractivity contribution < 1.29 is 9.53 Å². The molecule has 164 valence electrons. The van der Waals surface area contributed by atoms with Crippen LogP contribution in [0.2, 0.25) is 5.02 Å². The van der Waals surface area contributed by atoms with Gasteiger partial charge in [0.1, 0.15) is 11.6 Å². The van der Waals surface area contributed by atoms with Crippen molar-refractivity contribution in [3.05, 3.63) is 58.4 Å². The minimum Gasteiger partial charge on any atom is -0.495 e. The van der Waals surface area contributed by atoms with E-state index in [9.17, 15) is 4.79 Å². The summed E-state index contributed by atoms with van der Waals surface area (Å²) in [7, 11) is 1.55. The molecule has 0 aliphatic carbocycles. The summed E-state index contributed by atoms with van der Waals surface area (Å²) in [6, 6.07) is 11.9. The van der Waals surface area contributed by atoms with Crippen molar-refractivity contribution in [2.45, 2.75) is 43.1 Å². The van der Waals surface area contributed by atoms with Crippen molar-refractivity contribution in [2.75, 3.05) is 18.2 Å². The van der Waals surface area contributed by atoms with Gasteiger partial charge in [-0.25, -0.2) is 0 Å². The Morgan fingerprint density at radius 3 is 2.58 bits per heavy atom. The summed E-state index contributed by atoms with van der Waals surface area (Å²) in [5.41, 5.74) is 2.71. The Bertz CT molecular complexity index is 1050. The number of thioether (sulfide) groups is 2. The van der Waals surface area contributed by atoms with Gasteiger partial charge in [0.2, 0.25) is 5.91 Å². The van der Waals surface area contributed by atoms with Crippen LogP contribution in [0.5, 0.6) is 5.75 Å². The van der Waals surface area contributed by atoms with Gasteiger partial charge < -0.3 is 14.6 Å². The summed E-state index contributed by atoms with van der Waals surface area (Å²) in [5, 5.41) is 12.8. The van der Waals surface area contributed by atoms with E-state index in [1.807, 2.05) is 11.5 Å². The average Bonchev–Trinajstić information content (AvgIpc) is 3.16. The lowest BCUT2D eigenvalue weighted by molar-refractivity contribution is -0.113. The number of nitrogens with one attached hydrogen (secondary N) is 1. The number of aryl methyl sites for hydroxylation is 2. The topological polar surface area (TPSA) is 69.0 Å². The van der Waals surface area contributed by atoms with Crippen LogP contribution in [0, 0.1) is 13.8 Å². The first-order valence-electron chi connectivity index (χ1n) is 9.79. The van der Waals surface area contributed by atoms with E-state index >= 15 is 0 Å². The lowest BCUT2D eigenvalue weighted by Gasteiger charge is -2.12. The third kappa shape index (κ3) is 6.18. The van der Waals surface area contributed by atoms with Crippen molar-refractivity contribution >= 4 is 46.7 Å². The highest BCUT2D eigenvalue weighted by Gasteiger charge is 2.15. The van der Waals surface area contributed by atoms with Gasteiger partial charge in [0.25, 0.3) is 0 Å². The maximum absolute atomic E-state index is 12.5. The number of aromatic nitrogens is 3. The van der Waals surface area contributed by atoms with Crippen LogP contribution in [0.25, 0.3) is 0 Å². The van der Waals surface area contributed by atoms with E-state index in [0.29, 0.717) is 16.5 Å². The summed E-state index contributed by atoms with van der Waals surface area (Å²) in [4.78, 5) is 13.7. The highest BCUT2D eigenvalue weighted by atomic mass is 35.5. The zero-order valence-corrected chi connectivity index (χ0v) is 20.3. The second kappa shape index (κ2) is 10.9. The Kier molecular flexibility index (Phi) is 8.28. The predicted octanol–water partition coefficient (Wildman–Crippen LogP) is 5.60. The minimum absolute atomic E-state index is 0.147. The summed E-state index contributed by atoms with van der Waals surface area (Å²) < 4.78 is 7.37. The molecule has 1 aromatic heterocycles. The van der Waals surface area contributed by atoms with Crippen LogP contribution in [-0.4, -0.2) is 33.5 Å². The molecular formula is C22H25ClN4O2S2. The summed E-state index contributed by atoms with van der Waals surface area (Å²) in [5.74, 6) is 2.21. The Morgan fingerprint density at radius 1 is 1.16 bits per heavy atom. The number of hydrogen-bond donors (Lipinski definition) is 1. The van der Waals surface area contributed by atoms with Gasteiger partial charge in [-0.15, -0.1) is 22.0 Å². The molecule has 3 rings (SSSR count). The Labute approximate surface area is 196 Å². The molecule has 1 amide bonds. The zero-order valence-electron chi connectivity index (χ0n) is 17.9. The molecule has 0 bridgehead atoms. The molecule has 0 radical (unpaired) electrons. The third-order valence-corrected chi connectivity index (χ3v) is 6.97. The lowest BCUT2D eigenvalue weighted by Crippen LogP contribution is -2.15. The molecule has 0 aliphatic rings. The van der Waals surface area contributed by atoms with E-state index in [2.05, 4.69) is 53.6 Å². The second-order valence-electron chi connectivity index (χ2n) is 6.88. The Hall–Kier alpha value is -2.16. The highest BCUT2D eigenvalue weighted by Crippen LogP contribution is 2.31. The first kappa shape index (κ1) is 23.5. The Balaban J connectivity index is 1.61. The van der Waals surface area contributed by atoms with E-state index in [0.717, 1.165) is 28.8 Å². The number of methoxy groups -OCH3 is 1. The molecule has 0 saturated heterocycles. The quantitative estimate of drug-likeness (QED) is 0.405. The molecule has 0 fully saturated rings. The number of ether oxygens (including phenoxy) is 1. The molecule has 0 aliphatic heterocycles. The fraction of sp³-hybridized carbons (Fsp3) is 0.318. The monoisotopic (exact) mass is 476 g/mol. The fourth-order valence-electron chi connectivity index (χ4n) is 2.88. The van der Waals surface area contributed by atoms with E-state index in [4.69, 9.17) is 16.3 Å². The molecular weight excluding hydrogens is 452 g/mol. The third-order valence-electron chi connectivity index (χ3n) is 4.59. The van der Waals surface area contributed by atoms with E-state index in [1.54, 1.807) is 31.0 Å². The molecule has 3 aromatic rings. The molecule has 0 saturated carbocycles. The standard InChI is InChI=1S/C22H25ClN4O2S2/c1-5-27-20(12-30-16-8-6-14(2)7-9-16)25-26-22(27)31-13-21(28)24-18-10-15(3)17(23)11-19(18)29-4/h6-11H,5,12-13H2,1-4H3,(H,24,28). The number of nitrogens with zero attached hydrogens (tertiary/aromatic N) is 3. The average molecular weight is 477 g/mol. The SMILES string of the molecule is CCn1c(CSc2ccc(C)cc2)nnc1SCC(=O)Nc1cc(C)c(Cl)cc1OC. The molecule has 0 atom stereocenters. The van der Waals surface area contributed by atoms with Gasteiger partial charge in [0.05, 0.1) is 24.3 Å². The molecule has 9 heteroatoms. The highest BCUT2D eigenvalue weighted by molar-refractivity contribution is 7.99. The van der Waals surface area contributed by atoms with Gasteiger partial charge >= 0.3 is 0 Å². The van der Waals surface area contributed by atoms with Crippen molar-refractivity contribution in [3.63, 3.8) is 0 Å². The Morgan fingerprint density at radius 2 is 1.90 bits per heavy atom. The number of halogens is 1. The summed E-state index contributed by atoms with van der Waals surface area (Å²) in [6.07, 6.45) is 0. The van der Waals surface area contributed by atoms with Crippen LogP contribution in [0.1, 0.15) is 23.9 Å². The summed E-state index contributed by atoms with van der Waals surface area (Å²) >= 11 is 9.22. The number of benzene rings is 2. The van der Waals surface area contributed by atoms with Crippen molar-refractivity contribution in [3.8, 4) is 5.75 Å². The van der Waals surface area contributed by atoms with Crippen LogP contribution in [0.4, 0.5) is 5.69 Å². The van der Waals surface area contributed by atoms with Crippen molar-refractivity contribution in [2.24, 2.45) is 0 Å². The first-order chi connectivity index (χ1) is 14.9. The maximum atomic E-state index is 12.5. The zero-order chi connectivity index (χ0) is 22.4. The van der Waals surface area contributed by atoms with Crippen molar-refractivity contribution in [1.29, 1.82) is 0 Å². The number of carbonyl (C=O) groups is 1. The van der Waals surface area contributed by atoms with Crippen LogP contribution in [0.3, 0.4) is 0 Å². The van der Waals surface area contributed by atoms with E-state index in [-0.39, 0.29) is 11.7 Å². The second-order valence-corrected chi connectivity index (χ2v) is 9.28. The molecule has 1 N–H and O–H groups in total. The molecule has 6 nitrogen and oxygen atoms in total. The van der Waals surface area contributed by atoms with Gasteiger partial charge in [-0.05, 0) is 44.5 Å². The fourth-order valence-corrected chi connectivity index (χ4v) is 4.69. The maximum Gasteiger partial charge on any atom is 0.234 e. The molecule has 1 heterocycles. The molecule has 2 aromatic carbocycles. The number of anilines is 1. The summed E-state index contributed by atoms with van der Waals surface area (Å²) in [6.45, 7) is 6.75. The predicted molar refractivity (Wildman–Crippen MR) is 129 cm³/mol. The van der Waals surface area contributed by atoms with Gasteiger partial charge in [0.15, 0.2) is 5.16 Å². The molecule has 31 heavy (non-hydrogen) atoms. The van der Waals surface area contributed by atoms with Gasteiger partial charge in [-0.1, -0.05) is 41.1 Å². The smallest absolute Gasteiger partial charge is 0.234 e. The molecule has 0 spiro atoms. The van der Waals surface area contributed by atoms with Crippen LogP contribution in [-0.2, 0) is 17.1 Å². The van der Waals surface area contributed by atoms with Crippen LogP contribution >= 0.6 is 35.1 Å². The van der Waals surface area contributed by atoms with E-state index < -0.39 is 0 Å². The van der Waals surface area contributed by atoms with Crippen molar-refractivity contribution in [1.82, 2.24) is 14.8 Å². The van der Waals surface area contributed by atoms with E-state index in [1.165, 1.54) is 22.2 Å².